The Bertz CT molecular complexity index is 1070. The van der Waals surface area contributed by atoms with Crippen molar-refractivity contribution in [3.63, 3.8) is 0 Å². The van der Waals surface area contributed by atoms with E-state index >= 15 is 0 Å². The van der Waals surface area contributed by atoms with Crippen molar-refractivity contribution in [3.05, 3.63) is 59.2 Å². The van der Waals surface area contributed by atoms with Gasteiger partial charge in [0, 0.05) is 18.2 Å². The normalized spacial score (nSPS) is 14.5. The Balaban J connectivity index is 1.83. The minimum atomic E-state index is -0.551. The minimum Gasteiger partial charge on any atom is -0.493 e. The number of amides is 3. The number of anilines is 1. The van der Waals surface area contributed by atoms with Crippen LogP contribution in [0.15, 0.2) is 53.1 Å². The van der Waals surface area contributed by atoms with Gasteiger partial charge in [-0.05, 0) is 55.0 Å². The van der Waals surface area contributed by atoms with E-state index in [1.54, 1.807) is 50.4 Å². The number of carbonyl (C=O) groups excluding carboxylic acids is 3. The Hall–Kier alpha value is -3.94. The van der Waals surface area contributed by atoms with Crippen LogP contribution in [0, 0.1) is 0 Å². The third kappa shape index (κ3) is 4.22. The number of imide groups is 1. The Morgan fingerprint density at radius 3 is 2.30 bits per heavy atom. The van der Waals surface area contributed by atoms with E-state index in [2.05, 4.69) is 10.4 Å². The van der Waals surface area contributed by atoms with Gasteiger partial charge in [0.1, 0.15) is 0 Å². The molecule has 0 aliphatic carbocycles. The summed E-state index contributed by atoms with van der Waals surface area (Å²) in [5, 5.41) is 7.59. The largest absolute Gasteiger partial charge is 0.493 e. The molecule has 8 heteroatoms. The van der Waals surface area contributed by atoms with E-state index in [4.69, 9.17) is 9.47 Å². The van der Waals surface area contributed by atoms with Crippen molar-refractivity contribution >= 4 is 35.2 Å². The fourth-order valence-electron chi connectivity index (χ4n) is 2.95. The lowest BCUT2D eigenvalue weighted by atomic mass is 10.1. The van der Waals surface area contributed by atoms with Gasteiger partial charge in [-0.25, -0.2) is 0 Å². The Morgan fingerprint density at radius 2 is 1.70 bits per heavy atom. The second-order valence-corrected chi connectivity index (χ2v) is 6.54. The zero-order valence-electron chi connectivity index (χ0n) is 17.1. The highest BCUT2D eigenvalue weighted by Gasteiger charge is 2.33. The zero-order chi connectivity index (χ0) is 21.8. The molecule has 1 N–H and O–H groups in total. The number of methoxy groups -OCH3 is 2. The molecule has 0 unspecified atom stereocenters. The van der Waals surface area contributed by atoms with Crippen LogP contribution >= 0.6 is 0 Å². The smallest absolute Gasteiger partial charge is 0.283 e. The van der Waals surface area contributed by atoms with Gasteiger partial charge in [0.05, 0.1) is 25.5 Å². The fraction of sp³-hybridized carbons (Fsp3) is 0.182. The van der Waals surface area contributed by atoms with Gasteiger partial charge in [0.15, 0.2) is 11.5 Å². The van der Waals surface area contributed by atoms with E-state index in [1.165, 1.54) is 26.2 Å². The molecule has 0 saturated heterocycles. The number of hydrogen-bond donors (Lipinski definition) is 1. The molecule has 2 aromatic carbocycles. The van der Waals surface area contributed by atoms with Gasteiger partial charge in [0.2, 0.25) is 5.91 Å². The Morgan fingerprint density at radius 1 is 1.03 bits per heavy atom. The first kappa shape index (κ1) is 20.8. The molecule has 0 bridgehead atoms. The molecule has 0 spiro atoms. The monoisotopic (exact) mass is 407 g/mol. The maximum atomic E-state index is 12.8. The van der Waals surface area contributed by atoms with Crippen LogP contribution in [0.1, 0.15) is 29.8 Å². The third-order valence-electron chi connectivity index (χ3n) is 4.43. The van der Waals surface area contributed by atoms with Crippen molar-refractivity contribution in [1.82, 2.24) is 5.01 Å². The third-order valence-corrected chi connectivity index (χ3v) is 4.43. The summed E-state index contributed by atoms with van der Waals surface area (Å²) in [6.07, 6.45) is 1.65. The number of carbonyl (C=O) groups is 3. The summed E-state index contributed by atoms with van der Waals surface area (Å²) >= 11 is 0. The lowest BCUT2D eigenvalue weighted by molar-refractivity contribution is -0.123. The second kappa shape index (κ2) is 8.60. The van der Waals surface area contributed by atoms with E-state index in [1.807, 2.05) is 0 Å². The first-order valence-corrected chi connectivity index (χ1v) is 9.09. The molecular weight excluding hydrogens is 386 g/mol. The molecule has 3 rings (SSSR count). The van der Waals surface area contributed by atoms with Gasteiger partial charge in [-0.1, -0.05) is 6.07 Å². The molecule has 1 heterocycles. The Kier molecular flexibility index (Phi) is 5.96. The fourth-order valence-corrected chi connectivity index (χ4v) is 2.95. The van der Waals surface area contributed by atoms with E-state index in [0.717, 1.165) is 5.01 Å². The van der Waals surface area contributed by atoms with Gasteiger partial charge in [-0.15, -0.1) is 0 Å². The number of nitrogens with zero attached hydrogens (tertiary/aromatic N) is 2. The van der Waals surface area contributed by atoms with Crippen LogP contribution in [0.2, 0.25) is 0 Å². The Labute approximate surface area is 173 Å². The van der Waals surface area contributed by atoms with Crippen LogP contribution in [-0.2, 0) is 9.59 Å². The first-order chi connectivity index (χ1) is 14.3. The highest BCUT2D eigenvalue weighted by Crippen LogP contribution is 2.29. The standard InChI is InChI=1S/C22H21N3O5/c1-13-18(11-15-5-10-19(29-3)20(12-15)30-4)22(28)25(24-13)21(27)16-6-8-17(9-7-16)23-14(2)26/h5-12H,1-4H3,(H,23,26)/b18-11-. The highest BCUT2D eigenvalue weighted by molar-refractivity contribution is 6.30. The summed E-state index contributed by atoms with van der Waals surface area (Å²) in [5.74, 6) is -0.182. The van der Waals surface area contributed by atoms with Crippen LogP contribution in [0.25, 0.3) is 6.08 Å². The molecule has 3 amide bonds. The van der Waals surface area contributed by atoms with Crippen LogP contribution in [0.5, 0.6) is 11.5 Å². The number of nitrogens with one attached hydrogen (secondary N) is 1. The average molecular weight is 407 g/mol. The number of rotatable bonds is 5. The quantitative estimate of drug-likeness (QED) is 0.607. The van der Waals surface area contributed by atoms with Crippen LogP contribution < -0.4 is 14.8 Å². The van der Waals surface area contributed by atoms with Gasteiger partial charge >= 0.3 is 0 Å². The van der Waals surface area contributed by atoms with Gasteiger partial charge in [-0.3, -0.25) is 14.4 Å². The second-order valence-electron chi connectivity index (χ2n) is 6.54. The first-order valence-electron chi connectivity index (χ1n) is 9.09. The molecule has 0 saturated carbocycles. The molecule has 0 aromatic heterocycles. The van der Waals surface area contributed by atoms with Crippen molar-refractivity contribution in [1.29, 1.82) is 0 Å². The maximum absolute atomic E-state index is 12.8. The number of hydrazone groups is 1. The molecule has 1 aliphatic heterocycles. The molecule has 0 atom stereocenters. The number of hydrogen-bond acceptors (Lipinski definition) is 6. The molecule has 0 fully saturated rings. The van der Waals surface area contributed by atoms with E-state index in [-0.39, 0.29) is 11.5 Å². The predicted octanol–water partition coefficient (Wildman–Crippen LogP) is 3.10. The van der Waals surface area contributed by atoms with Crippen molar-refractivity contribution in [2.24, 2.45) is 5.10 Å². The van der Waals surface area contributed by atoms with Crippen molar-refractivity contribution in [3.8, 4) is 11.5 Å². The zero-order valence-corrected chi connectivity index (χ0v) is 17.1. The average Bonchev–Trinajstić information content (AvgIpc) is 3.01. The van der Waals surface area contributed by atoms with E-state index < -0.39 is 11.8 Å². The summed E-state index contributed by atoms with van der Waals surface area (Å²) in [6, 6.07) is 11.5. The summed E-state index contributed by atoms with van der Waals surface area (Å²) in [7, 11) is 3.07. The van der Waals surface area contributed by atoms with Crippen LogP contribution in [-0.4, -0.2) is 42.7 Å². The molecule has 0 radical (unpaired) electrons. The van der Waals surface area contributed by atoms with Crippen LogP contribution in [0.3, 0.4) is 0 Å². The van der Waals surface area contributed by atoms with E-state index in [9.17, 15) is 14.4 Å². The van der Waals surface area contributed by atoms with Crippen molar-refractivity contribution in [2.75, 3.05) is 19.5 Å². The number of ether oxygens (including phenoxy) is 2. The topological polar surface area (TPSA) is 97.3 Å². The van der Waals surface area contributed by atoms with Crippen LogP contribution in [0.4, 0.5) is 5.69 Å². The van der Waals surface area contributed by atoms with Gasteiger partial charge in [-0.2, -0.15) is 10.1 Å². The summed E-state index contributed by atoms with van der Waals surface area (Å²) in [6.45, 7) is 3.06. The molecule has 1 aliphatic rings. The van der Waals surface area contributed by atoms with Gasteiger partial charge < -0.3 is 14.8 Å². The lowest BCUT2D eigenvalue weighted by Gasteiger charge is -2.11. The predicted molar refractivity (Wildman–Crippen MR) is 113 cm³/mol. The van der Waals surface area contributed by atoms with E-state index in [0.29, 0.717) is 34.0 Å². The number of benzene rings is 2. The summed E-state index contributed by atoms with van der Waals surface area (Å²) < 4.78 is 10.5. The summed E-state index contributed by atoms with van der Waals surface area (Å²) in [4.78, 5) is 36.7. The molecular formula is C22H21N3O5. The van der Waals surface area contributed by atoms with Gasteiger partial charge in [0.25, 0.3) is 11.8 Å². The molecule has 30 heavy (non-hydrogen) atoms. The lowest BCUT2D eigenvalue weighted by Crippen LogP contribution is -2.29. The maximum Gasteiger partial charge on any atom is 0.283 e. The molecule has 154 valence electrons. The summed E-state index contributed by atoms with van der Waals surface area (Å²) in [5.41, 5.74) is 2.28. The van der Waals surface area contributed by atoms with Crippen molar-refractivity contribution < 1.29 is 23.9 Å². The van der Waals surface area contributed by atoms with Crippen molar-refractivity contribution in [2.45, 2.75) is 13.8 Å². The SMILES string of the molecule is COc1ccc(/C=C2\C(=O)N(C(=O)c3ccc(NC(C)=O)cc3)N=C2C)cc1OC. The minimum absolute atomic E-state index is 0.214. The molecule has 8 nitrogen and oxygen atoms in total. The molecule has 2 aromatic rings. The highest BCUT2D eigenvalue weighted by atomic mass is 16.5.